The smallest absolute Gasteiger partial charge is 0.247 e. The Kier molecular flexibility index (Phi) is 5.34. The number of rotatable bonds is 5. The maximum absolute atomic E-state index is 13.0. The number of hydrogen-bond donors (Lipinski definition) is 1. The molecule has 0 aliphatic carbocycles. The van der Waals surface area contributed by atoms with Gasteiger partial charge in [-0.15, -0.1) is 0 Å². The largest absolute Gasteiger partial charge is 0.330 e. The molecule has 8 heteroatoms. The zero-order chi connectivity index (χ0) is 15.6. The van der Waals surface area contributed by atoms with E-state index in [1.54, 1.807) is 27.7 Å². The van der Waals surface area contributed by atoms with Crippen molar-refractivity contribution in [3.8, 4) is 0 Å². The van der Waals surface area contributed by atoms with Crippen molar-refractivity contribution in [3.05, 3.63) is 11.4 Å². The molecule has 2 N–H and O–H groups in total. The molecule has 0 amide bonds. The molecule has 1 aromatic heterocycles. The van der Waals surface area contributed by atoms with Gasteiger partial charge in [0.2, 0.25) is 10.0 Å². The van der Waals surface area contributed by atoms with Crippen LogP contribution in [0.2, 0.25) is 0 Å². The molecule has 1 atom stereocenters. The van der Waals surface area contributed by atoms with E-state index in [-0.39, 0.29) is 6.04 Å². The van der Waals surface area contributed by atoms with E-state index in [4.69, 9.17) is 5.73 Å². The third-order valence-electron chi connectivity index (χ3n) is 3.76. The van der Waals surface area contributed by atoms with Crippen molar-refractivity contribution in [2.24, 2.45) is 5.73 Å². The Hall–Kier alpha value is -0.570. The first-order valence-electron chi connectivity index (χ1n) is 7.23. The lowest BCUT2D eigenvalue weighted by atomic mass is 10.4. The van der Waals surface area contributed by atoms with Crippen LogP contribution in [0, 0.1) is 13.8 Å². The summed E-state index contributed by atoms with van der Waals surface area (Å²) in [5, 5.41) is 4.38. The Labute approximate surface area is 131 Å². The van der Waals surface area contributed by atoms with Gasteiger partial charge in [0.1, 0.15) is 4.90 Å². The highest BCUT2D eigenvalue weighted by Crippen LogP contribution is 2.28. The van der Waals surface area contributed by atoms with Crippen LogP contribution in [-0.2, 0) is 16.6 Å². The second-order valence-corrected chi connectivity index (χ2v) is 8.38. The lowest BCUT2D eigenvalue weighted by molar-refractivity contribution is 0.367. The molecule has 0 radical (unpaired) electrons. The van der Waals surface area contributed by atoms with E-state index in [2.05, 4.69) is 5.10 Å². The van der Waals surface area contributed by atoms with Crippen LogP contribution in [-0.4, -0.2) is 53.1 Å². The highest BCUT2D eigenvalue weighted by Gasteiger charge is 2.35. The third kappa shape index (κ3) is 3.28. The first-order valence-corrected chi connectivity index (χ1v) is 9.82. The van der Waals surface area contributed by atoms with Crippen LogP contribution in [0.5, 0.6) is 0 Å². The minimum atomic E-state index is -3.47. The lowest BCUT2D eigenvalue weighted by Crippen LogP contribution is -2.44. The van der Waals surface area contributed by atoms with E-state index < -0.39 is 10.0 Å². The molecule has 0 saturated carbocycles. The Morgan fingerprint density at radius 1 is 1.43 bits per heavy atom. The van der Waals surface area contributed by atoms with Gasteiger partial charge in [0.05, 0.1) is 11.4 Å². The van der Waals surface area contributed by atoms with Gasteiger partial charge in [-0.25, -0.2) is 8.42 Å². The van der Waals surface area contributed by atoms with Crippen LogP contribution in [0.25, 0.3) is 0 Å². The second-order valence-electron chi connectivity index (χ2n) is 5.41. The Morgan fingerprint density at radius 3 is 2.76 bits per heavy atom. The van der Waals surface area contributed by atoms with Gasteiger partial charge in [-0.2, -0.15) is 21.2 Å². The average Bonchev–Trinajstić information content (AvgIpc) is 2.71. The summed E-state index contributed by atoms with van der Waals surface area (Å²) < 4.78 is 29.3. The summed E-state index contributed by atoms with van der Waals surface area (Å²) >= 11 is 1.80. The zero-order valence-electron chi connectivity index (χ0n) is 12.9. The Balaban J connectivity index is 2.38. The van der Waals surface area contributed by atoms with Crippen LogP contribution in [0.1, 0.15) is 24.7 Å². The fourth-order valence-electron chi connectivity index (χ4n) is 2.70. The Morgan fingerprint density at radius 2 is 2.14 bits per heavy atom. The van der Waals surface area contributed by atoms with E-state index in [1.165, 1.54) is 0 Å². The Bertz CT molecular complexity index is 598. The normalized spacial score (nSPS) is 20.9. The summed E-state index contributed by atoms with van der Waals surface area (Å²) in [7, 11) is -3.47. The molecule has 1 saturated heterocycles. The van der Waals surface area contributed by atoms with E-state index in [0.29, 0.717) is 35.9 Å². The quantitative estimate of drug-likeness (QED) is 0.869. The first-order chi connectivity index (χ1) is 9.89. The number of nitrogens with zero attached hydrogens (tertiary/aromatic N) is 3. The second kappa shape index (κ2) is 6.68. The van der Waals surface area contributed by atoms with Gasteiger partial charge in [0, 0.05) is 30.6 Å². The molecule has 120 valence electrons. The van der Waals surface area contributed by atoms with Gasteiger partial charge in [-0.3, -0.25) is 4.68 Å². The number of sulfonamides is 1. The number of nitrogens with two attached hydrogens (primary N) is 1. The van der Waals surface area contributed by atoms with Crippen molar-refractivity contribution in [2.45, 2.75) is 44.7 Å². The maximum Gasteiger partial charge on any atom is 0.247 e. The molecular formula is C13H24N4O2S2. The summed E-state index contributed by atoms with van der Waals surface area (Å²) in [5.41, 5.74) is 6.82. The highest BCUT2D eigenvalue weighted by atomic mass is 32.2. The predicted octanol–water partition coefficient (Wildman–Crippen LogP) is 0.975. The first kappa shape index (κ1) is 16.8. The van der Waals surface area contributed by atoms with Gasteiger partial charge >= 0.3 is 0 Å². The summed E-state index contributed by atoms with van der Waals surface area (Å²) in [5.74, 6) is 1.70. The van der Waals surface area contributed by atoms with Gasteiger partial charge in [0.25, 0.3) is 0 Å². The number of thioether (sulfide) groups is 1. The van der Waals surface area contributed by atoms with Gasteiger partial charge in [-0.05, 0) is 33.7 Å². The molecule has 0 spiro atoms. The van der Waals surface area contributed by atoms with E-state index in [9.17, 15) is 8.42 Å². The van der Waals surface area contributed by atoms with E-state index in [0.717, 1.165) is 17.9 Å². The molecule has 21 heavy (non-hydrogen) atoms. The summed E-state index contributed by atoms with van der Waals surface area (Å²) in [6.45, 7) is 7.36. The average molecular weight is 332 g/mol. The van der Waals surface area contributed by atoms with Crippen molar-refractivity contribution in [2.75, 3.05) is 24.6 Å². The van der Waals surface area contributed by atoms with Crippen LogP contribution in [0.3, 0.4) is 0 Å². The van der Waals surface area contributed by atoms with Crippen LogP contribution < -0.4 is 5.73 Å². The lowest BCUT2D eigenvalue weighted by Gasteiger charge is -2.32. The third-order valence-corrected chi connectivity index (χ3v) is 7.22. The monoisotopic (exact) mass is 332 g/mol. The van der Waals surface area contributed by atoms with Crippen molar-refractivity contribution in [1.82, 2.24) is 14.1 Å². The molecule has 2 heterocycles. The fraction of sp³-hybridized carbons (Fsp3) is 0.769. The molecule has 0 bridgehead atoms. The molecule has 0 aromatic carbocycles. The van der Waals surface area contributed by atoms with E-state index >= 15 is 0 Å². The molecule has 1 aromatic rings. The fourth-order valence-corrected chi connectivity index (χ4v) is 5.93. The van der Waals surface area contributed by atoms with Crippen molar-refractivity contribution in [1.29, 1.82) is 0 Å². The zero-order valence-corrected chi connectivity index (χ0v) is 14.5. The summed E-state index contributed by atoms with van der Waals surface area (Å²) in [4.78, 5) is 0.373. The van der Waals surface area contributed by atoms with E-state index in [1.807, 2.05) is 13.8 Å². The van der Waals surface area contributed by atoms with Crippen LogP contribution in [0.4, 0.5) is 0 Å². The van der Waals surface area contributed by atoms with Crippen molar-refractivity contribution in [3.63, 3.8) is 0 Å². The van der Waals surface area contributed by atoms with Crippen molar-refractivity contribution < 1.29 is 8.42 Å². The standard InChI is InChI=1S/C13H24N4O2S2/c1-10-9-20-8-7-17(10)21(18,19)13-11(2)15-16(12(13)3)6-4-5-14/h10H,4-9,14H2,1-3H3. The summed E-state index contributed by atoms with van der Waals surface area (Å²) in [6.07, 6.45) is 0.790. The summed E-state index contributed by atoms with van der Waals surface area (Å²) in [6, 6.07) is 0.0277. The van der Waals surface area contributed by atoms with Gasteiger partial charge in [0.15, 0.2) is 0 Å². The molecule has 1 unspecified atom stereocenters. The molecular weight excluding hydrogens is 308 g/mol. The minimum absolute atomic E-state index is 0.0277. The molecule has 1 fully saturated rings. The number of aryl methyl sites for hydroxylation is 2. The molecule has 1 aliphatic rings. The number of hydrogen-bond acceptors (Lipinski definition) is 5. The van der Waals surface area contributed by atoms with Crippen LogP contribution >= 0.6 is 11.8 Å². The molecule has 2 rings (SSSR count). The van der Waals surface area contributed by atoms with Crippen molar-refractivity contribution >= 4 is 21.8 Å². The van der Waals surface area contributed by atoms with Gasteiger partial charge in [-0.1, -0.05) is 0 Å². The topological polar surface area (TPSA) is 81.2 Å². The maximum atomic E-state index is 13.0. The highest BCUT2D eigenvalue weighted by molar-refractivity contribution is 7.99. The minimum Gasteiger partial charge on any atom is -0.330 e. The van der Waals surface area contributed by atoms with Gasteiger partial charge < -0.3 is 5.73 Å². The SMILES string of the molecule is Cc1nn(CCCN)c(C)c1S(=O)(=O)N1CCSCC1C. The molecule has 6 nitrogen and oxygen atoms in total. The number of aromatic nitrogens is 2. The molecule has 1 aliphatic heterocycles. The predicted molar refractivity (Wildman–Crippen MR) is 86.1 cm³/mol. The van der Waals surface area contributed by atoms with Crippen LogP contribution in [0.15, 0.2) is 4.90 Å².